The molecule has 5 heteroatoms. The van der Waals surface area contributed by atoms with E-state index in [4.69, 9.17) is 0 Å². The molecule has 0 heterocycles. The van der Waals surface area contributed by atoms with Crippen LogP contribution in [0.5, 0.6) is 0 Å². The number of aliphatic hydroxyl groups is 1. The van der Waals surface area contributed by atoms with Crippen molar-refractivity contribution in [2.75, 3.05) is 0 Å². The molecule has 0 saturated heterocycles. The van der Waals surface area contributed by atoms with Gasteiger partial charge in [-0.05, 0) is 55.7 Å². The molecule has 0 amide bonds. The van der Waals surface area contributed by atoms with Gasteiger partial charge in [0.2, 0.25) is 0 Å². The third-order valence-electron chi connectivity index (χ3n) is 4.77. The van der Waals surface area contributed by atoms with Crippen molar-refractivity contribution in [3.8, 4) is 0 Å². The first-order valence-corrected chi connectivity index (χ1v) is 7.76. The molecule has 1 unspecified atom stereocenters. The van der Waals surface area contributed by atoms with E-state index in [1.54, 1.807) is 0 Å². The molecule has 0 radical (unpaired) electrons. The van der Waals surface area contributed by atoms with Crippen LogP contribution >= 0.6 is 0 Å². The highest BCUT2D eigenvalue weighted by Gasteiger charge is 2.35. The lowest BCUT2D eigenvalue weighted by Crippen LogP contribution is -2.22. The quantitative estimate of drug-likeness (QED) is 0.549. The Kier molecular flexibility index (Phi) is 4.90. The second-order valence-corrected chi connectivity index (χ2v) is 6.95. The van der Waals surface area contributed by atoms with Crippen molar-refractivity contribution in [3.63, 3.8) is 0 Å². The Morgan fingerprint density at radius 2 is 1.91 bits per heavy atom. The highest BCUT2D eigenvalue weighted by atomic mass is 19.4. The van der Waals surface area contributed by atoms with Crippen molar-refractivity contribution in [3.05, 3.63) is 46.3 Å². The van der Waals surface area contributed by atoms with E-state index in [1.807, 2.05) is 6.92 Å². The largest absolute Gasteiger partial charge is 0.419 e. The Labute approximate surface area is 134 Å². The molecular weight excluding hydrogens is 308 g/mol. The number of halogens is 4. The molecule has 1 nitrogen and oxygen atoms in total. The van der Waals surface area contributed by atoms with Crippen LogP contribution in [0.2, 0.25) is 0 Å². The molecule has 1 atom stereocenters. The van der Waals surface area contributed by atoms with Gasteiger partial charge in [-0.2, -0.15) is 13.2 Å². The van der Waals surface area contributed by atoms with Gasteiger partial charge in [0, 0.05) is 0 Å². The molecular formula is C18H22F4O. The fourth-order valence-electron chi connectivity index (χ4n) is 3.41. The Bertz CT molecular complexity index is 614. The van der Waals surface area contributed by atoms with Gasteiger partial charge in [0.15, 0.2) is 0 Å². The highest BCUT2D eigenvalue weighted by molar-refractivity contribution is 5.30. The summed E-state index contributed by atoms with van der Waals surface area (Å²) in [4.78, 5) is 0. The zero-order valence-corrected chi connectivity index (χ0v) is 13.6. The third kappa shape index (κ3) is 3.94. The molecule has 1 aliphatic rings. The van der Waals surface area contributed by atoms with E-state index >= 15 is 0 Å². The van der Waals surface area contributed by atoms with Crippen LogP contribution in [0, 0.1) is 11.2 Å². The molecule has 0 spiro atoms. The van der Waals surface area contributed by atoms with E-state index in [1.165, 1.54) is 5.57 Å². The molecule has 0 bridgehead atoms. The number of hydrogen-bond donors (Lipinski definition) is 1. The number of hydrogen-bond acceptors (Lipinski definition) is 1. The van der Waals surface area contributed by atoms with E-state index in [2.05, 4.69) is 13.8 Å². The van der Waals surface area contributed by atoms with Gasteiger partial charge in [-0.15, -0.1) is 0 Å². The third-order valence-corrected chi connectivity index (χ3v) is 4.77. The average Bonchev–Trinajstić information content (AvgIpc) is 2.41. The van der Waals surface area contributed by atoms with Gasteiger partial charge < -0.3 is 5.11 Å². The zero-order valence-electron chi connectivity index (χ0n) is 13.6. The molecule has 23 heavy (non-hydrogen) atoms. The second-order valence-electron chi connectivity index (χ2n) is 6.95. The molecule has 0 saturated carbocycles. The minimum absolute atomic E-state index is 0.0478. The number of aliphatic hydroxyl groups excluding tert-OH is 1. The molecule has 1 aromatic carbocycles. The van der Waals surface area contributed by atoms with Crippen molar-refractivity contribution >= 4 is 0 Å². The van der Waals surface area contributed by atoms with Gasteiger partial charge >= 0.3 is 6.18 Å². The first-order valence-electron chi connectivity index (χ1n) is 7.76. The topological polar surface area (TPSA) is 20.2 Å². The van der Waals surface area contributed by atoms with E-state index in [0.29, 0.717) is 12.5 Å². The Morgan fingerprint density at radius 3 is 2.43 bits per heavy atom. The molecule has 1 N–H and O–H groups in total. The number of benzene rings is 1. The zero-order chi connectivity index (χ0) is 17.4. The number of allylic oxidation sites excluding steroid dienone is 1. The maximum atomic E-state index is 13.7. The molecule has 128 valence electrons. The monoisotopic (exact) mass is 330 g/mol. The summed E-state index contributed by atoms with van der Waals surface area (Å²) in [5, 5.41) is 10.4. The number of rotatable bonds is 3. The maximum absolute atomic E-state index is 13.7. The van der Waals surface area contributed by atoms with Crippen molar-refractivity contribution in [1.82, 2.24) is 0 Å². The van der Waals surface area contributed by atoms with E-state index in [9.17, 15) is 22.7 Å². The van der Waals surface area contributed by atoms with Crippen LogP contribution < -0.4 is 0 Å². The van der Waals surface area contributed by atoms with Gasteiger partial charge in [-0.1, -0.05) is 31.1 Å². The first kappa shape index (κ1) is 18.0. The predicted octanol–water partition coefficient (Wildman–Crippen LogP) is 5.79. The van der Waals surface area contributed by atoms with Crippen molar-refractivity contribution in [1.29, 1.82) is 0 Å². The predicted molar refractivity (Wildman–Crippen MR) is 81.3 cm³/mol. The minimum Gasteiger partial charge on any atom is -0.388 e. The fourth-order valence-corrected chi connectivity index (χ4v) is 3.41. The van der Waals surface area contributed by atoms with Crippen LogP contribution in [0.15, 0.2) is 29.3 Å². The highest BCUT2D eigenvalue weighted by Crippen LogP contribution is 2.44. The SMILES string of the molecule is CC1=C(CC(O)c2ccc(C(F)(F)F)c(F)c2)C(C)(C)CCC1. The number of alkyl halides is 3. The standard InChI is InChI=1S/C18H22F4O/c1-11-5-4-8-17(2,3)14(11)10-16(23)12-6-7-13(15(19)9-12)18(20,21)22/h6-7,9,16,23H,4-5,8,10H2,1-3H3. The summed E-state index contributed by atoms with van der Waals surface area (Å²) in [6, 6.07) is 2.64. The van der Waals surface area contributed by atoms with Crippen molar-refractivity contribution in [2.45, 2.75) is 58.7 Å². The summed E-state index contributed by atoms with van der Waals surface area (Å²) in [6.45, 7) is 6.23. The molecule has 1 aliphatic carbocycles. The lowest BCUT2D eigenvalue weighted by atomic mass is 9.70. The van der Waals surface area contributed by atoms with Crippen LogP contribution in [-0.4, -0.2) is 5.11 Å². The van der Waals surface area contributed by atoms with E-state index in [-0.39, 0.29) is 11.0 Å². The van der Waals surface area contributed by atoms with E-state index in [0.717, 1.165) is 37.0 Å². The molecule has 1 aromatic rings. The summed E-state index contributed by atoms with van der Waals surface area (Å²) in [5.41, 5.74) is 1.16. The average molecular weight is 330 g/mol. The van der Waals surface area contributed by atoms with Crippen LogP contribution in [0.1, 0.15) is 63.7 Å². The van der Waals surface area contributed by atoms with Crippen LogP contribution in [0.25, 0.3) is 0 Å². The lowest BCUT2D eigenvalue weighted by Gasteiger charge is -2.35. The van der Waals surface area contributed by atoms with Crippen LogP contribution in [-0.2, 0) is 6.18 Å². The fraction of sp³-hybridized carbons (Fsp3) is 0.556. The molecule has 0 aliphatic heterocycles. The van der Waals surface area contributed by atoms with Gasteiger partial charge in [-0.3, -0.25) is 0 Å². The molecule has 2 rings (SSSR count). The summed E-state index contributed by atoms with van der Waals surface area (Å²) in [5.74, 6) is -1.34. The van der Waals surface area contributed by atoms with Gasteiger partial charge in [0.25, 0.3) is 0 Å². The normalized spacial score (nSPS) is 19.8. The minimum atomic E-state index is -4.72. The summed E-state index contributed by atoms with van der Waals surface area (Å²) in [7, 11) is 0. The van der Waals surface area contributed by atoms with Gasteiger partial charge in [0.1, 0.15) is 5.82 Å². The van der Waals surface area contributed by atoms with E-state index < -0.39 is 23.7 Å². The smallest absolute Gasteiger partial charge is 0.388 e. The van der Waals surface area contributed by atoms with Crippen molar-refractivity contribution < 1.29 is 22.7 Å². The summed E-state index contributed by atoms with van der Waals surface area (Å²) < 4.78 is 51.5. The molecule has 0 fully saturated rings. The Hall–Kier alpha value is -1.36. The summed E-state index contributed by atoms with van der Waals surface area (Å²) >= 11 is 0. The summed E-state index contributed by atoms with van der Waals surface area (Å²) in [6.07, 6.45) is -2.34. The lowest BCUT2D eigenvalue weighted by molar-refractivity contribution is -0.140. The Morgan fingerprint density at radius 1 is 1.26 bits per heavy atom. The van der Waals surface area contributed by atoms with Crippen LogP contribution in [0.4, 0.5) is 17.6 Å². The van der Waals surface area contributed by atoms with Gasteiger partial charge in [0.05, 0.1) is 11.7 Å². The Balaban J connectivity index is 2.25. The van der Waals surface area contributed by atoms with Gasteiger partial charge in [-0.25, -0.2) is 4.39 Å². The van der Waals surface area contributed by atoms with Crippen LogP contribution in [0.3, 0.4) is 0 Å². The van der Waals surface area contributed by atoms with Crippen molar-refractivity contribution in [2.24, 2.45) is 5.41 Å². The second kappa shape index (κ2) is 6.27. The molecule has 0 aromatic heterocycles. The maximum Gasteiger partial charge on any atom is 0.419 e. The first-order chi connectivity index (χ1) is 10.5.